The molecule has 0 spiro atoms. The fourth-order valence-electron chi connectivity index (χ4n) is 3.24. The van der Waals surface area contributed by atoms with E-state index in [9.17, 15) is 14.9 Å². The highest BCUT2D eigenvalue weighted by Crippen LogP contribution is 2.25. The van der Waals surface area contributed by atoms with E-state index in [2.05, 4.69) is 0 Å². The van der Waals surface area contributed by atoms with E-state index < -0.39 is 10.5 Å². The maximum Gasteiger partial charge on any atom is 0.410 e. The molecule has 0 aliphatic carbocycles. The Hall–Kier alpha value is -3.29. The number of hydrogen-bond donors (Lipinski definition) is 0. The molecule has 0 atom stereocenters. The minimum Gasteiger partial charge on any atom is -0.490 e. The van der Waals surface area contributed by atoms with Gasteiger partial charge in [0, 0.05) is 44.1 Å². The van der Waals surface area contributed by atoms with Crippen molar-refractivity contribution in [1.29, 1.82) is 0 Å². The number of nitro groups is 1. The minimum atomic E-state index is -0.504. The number of amides is 1. The average Bonchev–Trinajstić information content (AvgIpc) is 2.72. The van der Waals surface area contributed by atoms with Crippen LogP contribution in [0, 0.1) is 10.1 Å². The molecule has 31 heavy (non-hydrogen) atoms. The Morgan fingerprint density at radius 2 is 1.77 bits per heavy atom. The molecular weight excluding hydrogens is 400 g/mol. The lowest BCUT2D eigenvalue weighted by atomic mass is 10.1. The van der Waals surface area contributed by atoms with Crippen molar-refractivity contribution in [3.05, 3.63) is 64.2 Å². The van der Waals surface area contributed by atoms with Gasteiger partial charge in [-0.2, -0.15) is 0 Å². The largest absolute Gasteiger partial charge is 0.490 e. The second-order valence-corrected chi connectivity index (χ2v) is 8.48. The summed E-state index contributed by atoms with van der Waals surface area (Å²) < 4.78 is 17.3. The summed E-state index contributed by atoms with van der Waals surface area (Å²) in [5.41, 5.74) is 0.251. The van der Waals surface area contributed by atoms with Gasteiger partial charge in [-0.25, -0.2) is 4.79 Å². The predicted molar refractivity (Wildman–Crippen MR) is 115 cm³/mol. The quantitative estimate of drug-likeness (QED) is 0.477. The third kappa shape index (κ3) is 6.87. The Balaban J connectivity index is 1.50. The topological polar surface area (TPSA) is 91.1 Å². The highest BCUT2D eigenvalue weighted by Gasteiger charge is 2.27. The minimum absolute atomic E-state index is 0.00529. The van der Waals surface area contributed by atoms with Crippen molar-refractivity contribution in [1.82, 2.24) is 4.90 Å². The van der Waals surface area contributed by atoms with Crippen LogP contribution in [0.3, 0.4) is 0 Å². The summed E-state index contributed by atoms with van der Waals surface area (Å²) >= 11 is 0. The van der Waals surface area contributed by atoms with Gasteiger partial charge < -0.3 is 19.1 Å². The Morgan fingerprint density at radius 1 is 1.10 bits per heavy atom. The predicted octanol–water partition coefficient (Wildman–Crippen LogP) is 4.95. The zero-order valence-electron chi connectivity index (χ0n) is 18.1. The smallest absolute Gasteiger partial charge is 0.410 e. The van der Waals surface area contributed by atoms with Gasteiger partial charge in [-0.15, -0.1) is 0 Å². The number of hydrogen-bond acceptors (Lipinski definition) is 6. The first-order valence-electron chi connectivity index (χ1n) is 10.3. The number of carbonyl (C=O) groups excluding carboxylic acids is 1. The number of rotatable bonds is 6. The Kier molecular flexibility index (Phi) is 6.99. The third-order valence-electron chi connectivity index (χ3n) is 4.73. The van der Waals surface area contributed by atoms with E-state index in [0.29, 0.717) is 24.6 Å². The molecular formula is C23H28N2O6. The second-order valence-electron chi connectivity index (χ2n) is 8.48. The van der Waals surface area contributed by atoms with Gasteiger partial charge >= 0.3 is 6.09 Å². The summed E-state index contributed by atoms with van der Waals surface area (Å²) in [5, 5.41) is 10.9. The van der Waals surface area contributed by atoms with Gasteiger partial charge in [-0.1, -0.05) is 18.2 Å². The molecule has 0 unspecified atom stereocenters. The van der Waals surface area contributed by atoms with Crippen molar-refractivity contribution in [3.8, 4) is 11.5 Å². The second kappa shape index (κ2) is 9.68. The number of ether oxygens (including phenoxy) is 3. The molecule has 0 radical (unpaired) electrons. The van der Waals surface area contributed by atoms with Crippen LogP contribution in [-0.2, 0) is 11.3 Å². The molecule has 1 heterocycles. The van der Waals surface area contributed by atoms with E-state index in [0.717, 1.165) is 18.4 Å². The number of benzene rings is 2. The van der Waals surface area contributed by atoms with Crippen LogP contribution in [0.4, 0.5) is 10.5 Å². The molecule has 8 heteroatoms. The maximum absolute atomic E-state index is 12.2. The number of piperidine rings is 1. The van der Waals surface area contributed by atoms with Gasteiger partial charge in [0.15, 0.2) is 0 Å². The third-order valence-corrected chi connectivity index (χ3v) is 4.73. The van der Waals surface area contributed by atoms with E-state index in [4.69, 9.17) is 14.2 Å². The van der Waals surface area contributed by atoms with E-state index >= 15 is 0 Å². The molecule has 1 amide bonds. The summed E-state index contributed by atoms with van der Waals surface area (Å²) in [6, 6.07) is 13.7. The van der Waals surface area contributed by atoms with Crippen molar-refractivity contribution in [2.75, 3.05) is 13.1 Å². The highest BCUT2D eigenvalue weighted by atomic mass is 16.6. The fourth-order valence-corrected chi connectivity index (χ4v) is 3.24. The van der Waals surface area contributed by atoms with Crippen molar-refractivity contribution in [2.24, 2.45) is 0 Å². The Labute approximate surface area is 181 Å². The molecule has 1 saturated heterocycles. The summed E-state index contributed by atoms with van der Waals surface area (Å²) in [5.74, 6) is 1.31. The van der Waals surface area contributed by atoms with Crippen LogP contribution >= 0.6 is 0 Å². The lowest BCUT2D eigenvalue weighted by Crippen LogP contribution is -2.44. The van der Waals surface area contributed by atoms with Gasteiger partial charge in [0.05, 0.1) is 4.92 Å². The number of non-ortho nitro benzene ring substituents is 1. The number of likely N-dealkylation sites (tertiary alicyclic amines) is 1. The summed E-state index contributed by atoms with van der Waals surface area (Å²) in [6.45, 7) is 6.96. The van der Waals surface area contributed by atoms with Crippen LogP contribution < -0.4 is 9.47 Å². The van der Waals surface area contributed by atoms with Gasteiger partial charge in [-0.3, -0.25) is 10.1 Å². The molecule has 2 aromatic carbocycles. The number of nitrogens with zero attached hydrogens (tertiary/aromatic N) is 2. The molecule has 0 N–H and O–H groups in total. The molecule has 166 valence electrons. The molecule has 3 rings (SSSR count). The standard InChI is InChI=1S/C23H28N2O6/c1-23(2,3)31-22(26)24-12-10-19(11-13-24)30-21-9-5-8-20(15-21)29-16-17-6-4-7-18(14-17)25(27)28/h4-9,14-15,19H,10-13,16H2,1-3H3. The van der Waals surface area contributed by atoms with Crippen LogP contribution in [0.5, 0.6) is 11.5 Å². The van der Waals surface area contributed by atoms with E-state index in [1.54, 1.807) is 23.1 Å². The molecule has 0 aromatic heterocycles. The maximum atomic E-state index is 12.2. The molecule has 2 aromatic rings. The SMILES string of the molecule is CC(C)(C)OC(=O)N1CCC(Oc2cccc(OCc3cccc([N+](=O)[O-])c3)c2)CC1. The van der Waals surface area contributed by atoms with Crippen molar-refractivity contribution >= 4 is 11.8 Å². The van der Waals surface area contributed by atoms with E-state index in [1.807, 2.05) is 39.0 Å². The van der Waals surface area contributed by atoms with Gasteiger partial charge in [0.2, 0.25) is 0 Å². The van der Waals surface area contributed by atoms with Crippen LogP contribution in [0.25, 0.3) is 0 Å². The van der Waals surface area contributed by atoms with Crippen LogP contribution in [-0.4, -0.2) is 40.7 Å². The van der Waals surface area contributed by atoms with Crippen LogP contribution in [0.1, 0.15) is 39.2 Å². The fraction of sp³-hybridized carbons (Fsp3) is 0.435. The van der Waals surface area contributed by atoms with Gasteiger partial charge in [0.25, 0.3) is 5.69 Å². The molecule has 1 fully saturated rings. The normalized spacial score (nSPS) is 14.7. The lowest BCUT2D eigenvalue weighted by molar-refractivity contribution is -0.384. The van der Waals surface area contributed by atoms with Crippen molar-refractivity contribution in [3.63, 3.8) is 0 Å². The van der Waals surface area contributed by atoms with Crippen LogP contribution in [0.15, 0.2) is 48.5 Å². The molecule has 0 saturated carbocycles. The lowest BCUT2D eigenvalue weighted by Gasteiger charge is -2.33. The van der Waals surface area contributed by atoms with Gasteiger partial charge in [-0.05, 0) is 38.5 Å². The van der Waals surface area contributed by atoms with E-state index in [1.165, 1.54) is 12.1 Å². The molecule has 0 bridgehead atoms. The first kappa shape index (κ1) is 22.4. The average molecular weight is 428 g/mol. The Morgan fingerprint density at radius 3 is 2.45 bits per heavy atom. The van der Waals surface area contributed by atoms with Crippen molar-refractivity contribution < 1.29 is 23.9 Å². The van der Waals surface area contributed by atoms with Crippen LogP contribution in [0.2, 0.25) is 0 Å². The van der Waals surface area contributed by atoms with Crippen molar-refractivity contribution in [2.45, 2.75) is 51.9 Å². The number of nitro benzene ring substituents is 1. The summed E-state index contributed by atoms with van der Waals surface area (Å²) in [6.07, 6.45) is 1.16. The monoisotopic (exact) mass is 428 g/mol. The summed E-state index contributed by atoms with van der Waals surface area (Å²) in [4.78, 5) is 24.4. The Bertz CT molecular complexity index is 916. The zero-order chi connectivity index (χ0) is 22.4. The van der Waals surface area contributed by atoms with E-state index in [-0.39, 0.29) is 24.5 Å². The first-order chi connectivity index (χ1) is 14.7. The first-order valence-corrected chi connectivity index (χ1v) is 10.3. The molecule has 1 aliphatic heterocycles. The highest BCUT2D eigenvalue weighted by molar-refractivity contribution is 5.68. The van der Waals surface area contributed by atoms with Gasteiger partial charge in [0.1, 0.15) is 29.8 Å². The zero-order valence-corrected chi connectivity index (χ0v) is 18.1. The molecule has 8 nitrogen and oxygen atoms in total. The summed E-state index contributed by atoms with van der Waals surface area (Å²) in [7, 11) is 0. The molecule has 1 aliphatic rings. The number of carbonyl (C=O) groups is 1.